The van der Waals surface area contributed by atoms with Gasteiger partial charge >= 0.3 is 0 Å². The van der Waals surface area contributed by atoms with Crippen LogP contribution in [0.15, 0.2) is 42.9 Å². The molecule has 1 aliphatic heterocycles. The number of benzene rings is 2. The lowest BCUT2D eigenvalue weighted by Gasteiger charge is -2.24. The van der Waals surface area contributed by atoms with Crippen LogP contribution in [0.3, 0.4) is 0 Å². The highest BCUT2D eigenvalue weighted by molar-refractivity contribution is 6.30. The predicted molar refractivity (Wildman–Crippen MR) is 108 cm³/mol. The molecule has 2 aromatic carbocycles. The Morgan fingerprint density at radius 2 is 1.97 bits per heavy atom. The van der Waals surface area contributed by atoms with Crippen molar-refractivity contribution in [3.05, 3.63) is 71.0 Å². The highest BCUT2D eigenvalue weighted by atomic mass is 35.5. The molecule has 158 valence electrons. The fourth-order valence-corrected chi connectivity index (χ4v) is 3.58. The molecule has 0 saturated carbocycles. The van der Waals surface area contributed by atoms with Gasteiger partial charge in [0.2, 0.25) is 11.8 Å². The molecular formula is C21H14ClF3N4O2. The van der Waals surface area contributed by atoms with Crippen molar-refractivity contribution in [2.45, 2.75) is 12.8 Å². The number of nitrogens with one attached hydrogen (secondary N) is 1. The van der Waals surface area contributed by atoms with Crippen LogP contribution in [0.4, 0.5) is 24.5 Å². The van der Waals surface area contributed by atoms with Gasteiger partial charge in [-0.25, -0.2) is 23.1 Å². The molecule has 1 N–H and O–H groups in total. The summed E-state index contributed by atoms with van der Waals surface area (Å²) in [5.74, 6) is -4.70. The van der Waals surface area contributed by atoms with E-state index in [-0.39, 0.29) is 33.2 Å². The maximum Gasteiger partial charge on any atom is 0.244 e. The van der Waals surface area contributed by atoms with E-state index in [1.807, 2.05) is 0 Å². The van der Waals surface area contributed by atoms with E-state index in [1.54, 1.807) is 6.92 Å². The molecule has 0 bridgehead atoms. The molecule has 0 spiro atoms. The number of carbonyl (C=O) groups is 2. The topological polar surface area (TPSA) is 75.2 Å². The summed E-state index contributed by atoms with van der Waals surface area (Å²) in [6, 6.07) is 5.33. The van der Waals surface area contributed by atoms with E-state index < -0.39 is 41.7 Å². The van der Waals surface area contributed by atoms with Gasteiger partial charge in [-0.2, -0.15) is 0 Å². The number of hydrogen-bond donors (Lipinski definition) is 1. The van der Waals surface area contributed by atoms with E-state index in [9.17, 15) is 22.8 Å². The van der Waals surface area contributed by atoms with Crippen molar-refractivity contribution in [2.24, 2.45) is 0 Å². The Morgan fingerprint density at radius 1 is 1.19 bits per heavy atom. The number of aromatic nitrogens is 2. The largest absolute Gasteiger partial charge is 0.324 e. The molecule has 6 nitrogen and oxygen atoms in total. The third-order valence-corrected chi connectivity index (χ3v) is 5.20. The van der Waals surface area contributed by atoms with E-state index in [1.165, 1.54) is 24.7 Å². The third-order valence-electron chi connectivity index (χ3n) is 4.89. The molecule has 1 aliphatic rings. The lowest BCUT2D eigenvalue weighted by atomic mass is 9.98. The average Bonchev–Trinajstić information content (AvgIpc) is 2.80. The standard InChI is InChI=1S/C21H14ClF3N4O2/c1-10-20-13(7-26-9-27-20)19-16(25)4-11(23)5-17(19)29(21(10)31)8-18(30)28-12-2-3-14(22)15(24)6-12/h2-7,9-10H,8H2,1H3,(H,28,30)/t10-/m1/s1. The van der Waals surface area contributed by atoms with Crippen LogP contribution in [0.5, 0.6) is 0 Å². The highest BCUT2D eigenvalue weighted by Crippen LogP contribution is 2.41. The van der Waals surface area contributed by atoms with Crippen LogP contribution in [0.2, 0.25) is 5.02 Å². The van der Waals surface area contributed by atoms with Crippen molar-refractivity contribution in [3.8, 4) is 11.1 Å². The molecule has 0 unspecified atom stereocenters. The van der Waals surface area contributed by atoms with Gasteiger partial charge in [0.25, 0.3) is 0 Å². The second-order valence-corrected chi connectivity index (χ2v) is 7.33. The molecule has 2 amide bonds. The third kappa shape index (κ3) is 3.84. The first kappa shape index (κ1) is 20.8. The van der Waals surface area contributed by atoms with Gasteiger partial charge in [0, 0.05) is 29.1 Å². The van der Waals surface area contributed by atoms with E-state index in [2.05, 4.69) is 15.3 Å². The normalized spacial score (nSPS) is 15.2. The minimum Gasteiger partial charge on any atom is -0.324 e. The highest BCUT2D eigenvalue weighted by Gasteiger charge is 2.35. The van der Waals surface area contributed by atoms with Gasteiger partial charge < -0.3 is 10.2 Å². The molecular weight excluding hydrogens is 433 g/mol. The fraction of sp³-hybridized carbons (Fsp3) is 0.143. The quantitative estimate of drug-likeness (QED) is 0.650. The molecule has 0 aliphatic carbocycles. The summed E-state index contributed by atoms with van der Waals surface area (Å²) >= 11 is 5.63. The molecule has 4 rings (SSSR count). The number of fused-ring (bicyclic) bond motifs is 3. The number of nitrogens with zero attached hydrogens (tertiary/aromatic N) is 3. The Hall–Kier alpha value is -3.46. The fourth-order valence-electron chi connectivity index (χ4n) is 3.47. The van der Waals surface area contributed by atoms with Crippen LogP contribution in [0, 0.1) is 17.5 Å². The SMILES string of the molecule is C[C@H]1C(=O)N(CC(=O)Nc2ccc(Cl)c(F)c2)c2cc(F)cc(F)c2-c2cncnc21. The van der Waals surface area contributed by atoms with Crippen LogP contribution in [0.1, 0.15) is 18.5 Å². The molecule has 31 heavy (non-hydrogen) atoms. The number of carbonyl (C=O) groups excluding carboxylic acids is 2. The van der Waals surface area contributed by atoms with Gasteiger partial charge in [-0.3, -0.25) is 9.59 Å². The zero-order valence-electron chi connectivity index (χ0n) is 16.0. The van der Waals surface area contributed by atoms with Crippen LogP contribution < -0.4 is 10.2 Å². The van der Waals surface area contributed by atoms with Crippen molar-refractivity contribution in [2.75, 3.05) is 16.8 Å². The van der Waals surface area contributed by atoms with E-state index in [0.717, 1.165) is 17.0 Å². The van der Waals surface area contributed by atoms with Gasteiger partial charge in [-0.05, 0) is 31.2 Å². The van der Waals surface area contributed by atoms with Crippen molar-refractivity contribution in [1.82, 2.24) is 9.97 Å². The Bertz CT molecular complexity index is 1220. The lowest BCUT2D eigenvalue weighted by Crippen LogP contribution is -2.40. The molecule has 0 radical (unpaired) electrons. The number of rotatable bonds is 3. The Balaban J connectivity index is 1.75. The summed E-state index contributed by atoms with van der Waals surface area (Å²) in [7, 11) is 0. The van der Waals surface area contributed by atoms with E-state index >= 15 is 0 Å². The van der Waals surface area contributed by atoms with Crippen molar-refractivity contribution < 1.29 is 22.8 Å². The summed E-state index contributed by atoms with van der Waals surface area (Å²) in [6.45, 7) is 0.985. The first-order chi connectivity index (χ1) is 14.8. The van der Waals surface area contributed by atoms with Crippen LogP contribution in [0.25, 0.3) is 11.1 Å². The summed E-state index contributed by atoms with van der Waals surface area (Å²) in [5, 5.41) is 2.33. The predicted octanol–water partition coefficient (Wildman–Crippen LogP) is 4.30. The minimum absolute atomic E-state index is 0.0833. The molecule has 0 fully saturated rings. The molecule has 1 atom stereocenters. The van der Waals surface area contributed by atoms with E-state index in [4.69, 9.17) is 11.6 Å². The summed E-state index contributed by atoms with van der Waals surface area (Å²) in [4.78, 5) is 34.7. The Kier molecular flexibility index (Phi) is 5.36. The summed E-state index contributed by atoms with van der Waals surface area (Å²) < 4.78 is 42.5. The summed E-state index contributed by atoms with van der Waals surface area (Å²) in [6.07, 6.45) is 2.56. The van der Waals surface area contributed by atoms with Crippen molar-refractivity contribution in [3.63, 3.8) is 0 Å². The smallest absolute Gasteiger partial charge is 0.244 e. The molecule has 1 aromatic heterocycles. The van der Waals surface area contributed by atoms with Crippen LogP contribution >= 0.6 is 11.6 Å². The second kappa shape index (κ2) is 7.99. The van der Waals surface area contributed by atoms with E-state index in [0.29, 0.717) is 6.07 Å². The minimum atomic E-state index is -0.918. The van der Waals surface area contributed by atoms with Crippen LogP contribution in [-0.4, -0.2) is 28.3 Å². The van der Waals surface area contributed by atoms with Crippen molar-refractivity contribution >= 4 is 34.8 Å². The summed E-state index contributed by atoms with van der Waals surface area (Å²) in [5.41, 5.74) is 0.398. The molecule has 3 aromatic rings. The number of halogens is 4. The van der Waals surface area contributed by atoms with Gasteiger partial charge in [-0.15, -0.1) is 0 Å². The maximum atomic E-state index is 14.8. The Labute approximate surface area is 179 Å². The van der Waals surface area contributed by atoms with Gasteiger partial charge in [0.15, 0.2) is 0 Å². The molecule has 10 heteroatoms. The average molecular weight is 447 g/mol. The van der Waals surface area contributed by atoms with Gasteiger partial charge in [-0.1, -0.05) is 11.6 Å². The zero-order valence-corrected chi connectivity index (χ0v) is 16.8. The zero-order chi connectivity index (χ0) is 22.3. The van der Waals surface area contributed by atoms with Gasteiger partial charge in [0.1, 0.15) is 30.3 Å². The molecule has 0 saturated heterocycles. The monoisotopic (exact) mass is 446 g/mol. The Morgan fingerprint density at radius 3 is 2.71 bits per heavy atom. The second-order valence-electron chi connectivity index (χ2n) is 6.93. The molecule has 2 heterocycles. The first-order valence-electron chi connectivity index (χ1n) is 9.12. The number of hydrogen-bond acceptors (Lipinski definition) is 4. The maximum absolute atomic E-state index is 14.8. The van der Waals surface area contributed by atoms with Crippen molar-refractivity contribution in [1.29, 1.82) is 0 Å². The first-order valence-corrected chi connectivity index (χ1v) is 9.49. The van der Waals surface area contributed by atoms with Crippen LogP contribution in [-0.2, 0) is 9.59 Å². The lowest BCUT2D eigenvalue weighted by molar-refractivity contribution is -0.122. The van der Waals surface area contributed by atoms with Gasteiger partial charge in [0.05, 0.1) is 22.3 Å². The number of amides is 2. The number of anilines is 2.